The summed E-state index contributed by atoms with van der Waals surface area (Å²) in [7, 11) is 0.422. The molecule has 0 aromatic carbocycles. The van der Waals surface area contributed by atoms with Gasteiger partial charge in [-0.25, -0.2) is 0 Å². The first kappa shape index (κ1) is 24.9. The average Bonchev–Trinajstić information content (AvgIpc) is 2.90. The van der Waals surface area contributed by atoms with Crippen LogP contribution in [0.4, 0.5) is 0 Å². The Balaban J connectivity index is 1.46. The van der Waals surface area contributed by atoms with Crippen LogP contribution in [0, 0.1) is 11.8 Å². The zero-order chi connectivity index (χ0) is 22.7. The lowest BCUT2D eigenvalue weighted by Crippen LogP contribution is -3.19. The van der Waals surface area contributed by atoms with Crippen molar-refractivity contribution in [3.05, 3.63) is 0 Å². The fraction of sp³-hybridized carbons (Fsp3) is 1.00. The summed E-state index contributed by atoms with van der Waals surface area (Å²) in [6.07, 6.45) is 30.7. The molecular weight excluding hydrogens is 421 g/mol. The highest BCUT2D eigenvalue weighted by molar-refractivity contribution is 7.66. The van der Waals surface area contributed by atoms with Crippen LogP contribution in [0.15, 0.2) is 0 Å². The van der Waals surface area contributed by atoms with Gasteiger partial charge in [0.1, 0.15) is 0 Å². The van der Waals surface area contributed by atoms with E-state index in [9.17, 15) is 0 Å². The standard InChI is InChI=1S/C30H54NOP/c1-31-29(24-14-6-2-7-15-24)22-28(23-30(31)25-16-8-3-9-17-25)33(32,26-18-10-4-11-19-26)27-20-12-5-13-21-27/h24-30H,2-23H2,1H3/p+1. The minimum Gasteiger partial charge on any atom is -0.332 e. The third-order valence-electron chi connectivity index (χ3n) is 11.5. The van der Waals surface area contributed by atoms with Gasteiger partial charge in [-0.3, -0.25) is 0 Å². The van der Waals surface area contributed by atoms with E-state index in [1.807, 2.05) is 4.90 Å². The third kappa shape index (κ3) is 5.33. The second-order valence-corrected chi connectivity index (χ2v) is 16.9. The largest absolute Gasteiger partial charge is 0.332 e. The summed E-state index contributed by atoms with van der Waals surface area (Å²) in [5, 5.41) is 0. The maximum Gasteiger partial charge on any atom is 0.0969 e. The first-order valence-electron chi connectivity index (χ1n) is 15.6. The summed E-state index contributed by atoms with van der Waals surface area (Å²) in [6, 6.07) is 1.60. The highest BCUT2D eigenvalue weighted by Gasteiger charge is 2.53. The molecule has 33 heavy (non-hydrogen) atoms. The van der Waals surface area contributed by atoms with Crippen molar-refractivity contribution in [3.8, 4) is 0 Å². The van der Waals surface area contributed by atoms with Gasteiger partial charge in [-0.2, -0.15) is 0 Å². The topological polar surface area (TPSA) is 21.5 Å². The first-order valence-corrected chi connectivity index (χ1v) is 17.5. The van der Waals surface area contributed by atoms with E-state index in [-0.39, 0.29) is 0 Å². The van der Waals surface area contributed by atoms with Crippen LogP contribution in [-0.4, -0.2) is 36.1 Å². The Morgan fingerprint density at radius 2 is 0.818 bits per heavy atom. The van der Waals surface area contributed by atoms with Crippen LogP contribution in [0.3, 0.4) is 0 Å². The number of hydrogen-bond donors (Lipinski definition) is 1. The normalized spacial score (nSPS) is 37.2. The Kier molecular flexibility index (Phi) is 8.66. The lowest BCUT2D eigenvalue weighted by molar-refractivity contribution is -0.945. The molecule has 190 valence electrons. The second kappa shape index (κ2) is 11.5. The molecule has 4 aliphatic carbocycles. The molecule has 2 unspecified atom stereocenters. The number of hydrogen-bond acceptors (Lipinski definition) is 1. The van der Waals surface area contributed by atoms with Crippen LogP contribution in [0.2, 0.25) is 0 Å². The van der Waals surface area contributed by atoms with Crippen molar-refractivity contribution in [2.75, 3.05) is 7.05 Å². The number of quaternary nitrogens is 1. The number of rotatable bonds is 5. The molecule has 0 aromatic heterocycles. The molecule has 4 saturated carbocycles. The van der Waals surface area contributed by atoms with Crippen LogP contribution in [0.25, 0.3) is 0 Å². The summed E-state index contributed by atoms with van der Waals surface area (Å²) in [5.74, 6) is 1.83. The molecule has 1 heterocycles. The zero-order valence-corrected chi connectivity index (χ0v) is 22.8. The average molecular weight is 477 g/mol. The Bertz CT molecular complexity index is 590. The minimum atomic E-state index is -2.16. The van der Waals surface area contributed by atoms with Crippen LogP contribution < -0.4 is 4.90 Å². The molecule has 3 heteroatoms. The van der Waals surface area contributed by atoms with E-state index in [1.54, 1.807) is 0 Å². The smallest absolute Gasteiger partial charge is 0.0969 e. The number of likely N-dealkylation sites (tertiary alicyclic amines) is 1. The van der Waals surface area contributed by atoms with E-state index in [0.29, 0.717) is 17.0 Å². The van der Waals surface area contributed by atoms with Crippen LogP contribution in [0.5, 0.6) is 0 Å². The maximum atomic E-state index is 15.6. The zero-order valence-electron chi connectivity index (χ0n) is 22.0. The van der Waals surface area contributed by atoms with Crippen molar-refractivity contribution in [1.29, 1.82) is 0 Å². The molecule has 2 atom stereocenters. The molecule has 1 aliphatic heterocycles. The third-order valence-corrected chi connectivity index (χ3v) is 16.4. The highest BCUT2D eigenvalue weighted by atomic mass is 31.2. The fourth-order valence-corrected chi connectivity index (χ4v) is 15.0. The second-order valence-electron chi connectivity index (χ2n) is 13.2. The van der Waals surface area contributed by atoms with Crippen molar-refractivity contribution in [1.82, 2.24) is 0 Å². The van der Waals surface area contributed by atoms with Crippen LogP contribution >= 0.6 is 7.14 Å². The Morgan fingerprint density at radius 1 is 0.485 bits per heavy atom. The monoisotopic (exact) mass is 476 g/mol. The Morgan fingerprint density at radius 3 is 1.18 bits per heavy atom. The number of piperidine rings is 1. The van der Waals surface area contributed by atoms with E-state index in [1.165, 1.54) is 141 Å². The predicted octanol–water partition coefficient (Wildman–Crippen LogP) is 7.59. The Labute approximate surface area is 205 Å². The van der Waals surface area contributed by atoms with Crippen LogP contribution in [-0.2, 0) is 4.57 Å². The van der Waals surface area contributed by atoms with Gasteiger partial charge in [0, 0.05) is 41.7 Å². The first-order chi connectivity index (χ1) is 16.2. The molecule has 1 N–H and O–H groups in total. The molecule has 5 fully saturated rings. The van der Waals surface area contributed by atoms with Gasteiger partial charge in [-0.1, -0.05) is 77.0 Å². The van der Waals surface area contributed by atoms with Gasteiger partial charge >= 0.3 is 0 Å². The molecule has 2 nitrogen and oxygen atoms in total. The van der Waals surface area contributed by atoms with Gasteiger partial charge in [0.2, 0.25) is 0 Å². The van der Waals surface area contributed by atoms with E-state index < -0.39 is 7.14 Å². The Hall–Kier alpha value is 0.190. The molecule has 0 bridgehead atoms. The van der Waals surface area contributed by atoms with Gasteiger partial charge in [-0.15, -0.1) is 0 Å². The summed E-state index contributed by atoms with van der Waals surface area (Å²) in [4.78, 5) is 1.89. The van der Waals surface area contributed by atoms with E-state index >= 15 is 4.57 Å². The van der Waals surface area contributed by atoms with Crippen LogP contribution in [0.1, 0.15) is 141 Å². The van der Waals surface area contributed by atoms with Crippen molar-refractivity contribution < 1.29 is 9.46 Å². The molecule has 1 saturated heterocycles. The van der Waals surface area contributed by atoms with Crippen molar-refractivity contribution >= 4 is 7.14 Å². The molecule has 0 radical (unpaired) electrons. The van der Waals surface area contributed by atoms with Gasteiger partial charge in [0.15, 0.2) is 0 Å². The minimum absolute atomic E-state index is 0.575. The van der Waals surface area contributed by atoms with Gasteiger partial charge in [0.05, 0.1) is 26.3 Å². The fourth-order valence-electron chi connectivity index (χ4n) is 9.72. The highest BCUT2D eigenvalue weighted by Crippen LogP contribution is 2.68. The van der Waals surface area contributed by atoms with Crippen molar-refractivity contribution in [3.63, 3.8) is 0 Å². The molecule has 5 aliphatic rings. The van der Waals surface area contributed by atoms with Gasteiger partial charge < -0.3 is 9.46 Å². The number of nitrogens with one attached hydrogen (secondary N) is 1. The predicted molar refractivity (Wildman–Crippen MR) is 142 cm³/mol. The molecule has 5 rings (SSSR count). The van der Waals surface area contributed by atoms with E-state index in [0.717, 1.165) is 23.9 Å². The van der Waals surface area contributed by atoms with Gasteiger partial charge in [-0.05, 0) is 51.4 Å². The van der Waals surface area contributed by atoms with Crippen molar-refractivity contribution in [2.45, 2.75) is 170 Å². The molecule has 0 spiro atoms. The summed E-state index contributed by atoms with van der Waals surface area (Å²) >= 11 is 0. The lowest BCUT2D eigenvalue weighted by atomic mass is 9.74. The van der Waals surface area contributed by atoms with E-state index in [4.69, 9.17) is 0 Å². The molecule has 0 aromatic rings. The molecule has 0 amide bonds. The SMILES string of the molecule is C[NH+]1C(C2CCCCC2)CC(P(=O)(C2CCCCC2)C2CCCCC2)CC1C1CCCCC1. The quantitative estimate of drug-likeness (QED) is 0.406. The summed E-state index contributed by atoms with van der Waals surface area (Å²) in [6.45, 7) is 0. The molecular formula is C30H55NOP+. The van der Waals surface area contributed by atoms with Gasteiger partial charge in [0.25, 0.3) is 0 Å². The van der Waals surface area contributed by atoms with E-state index in [2.05, 4.69) is 7.05 Å². The van der Waals surface area contributed by atoms with Crippen molar-refractivity contribution in [2.24, 2.45) is 11.8 Å². The summed E-state index contributed by atoms with van der Waals surface area (Å²) in [5.41, 5.74) is 1.76. The maximum absolute atomic E-state index is 15.6. The lowest BCUT2D eigenvalue weighted by Gasteiger charge is -2.51. The summed E-state index contributed by atoms with van der Waals surface area (Å²) < 4.78 is 15.6.